The van der Waals surface area contributed by atoms with Crippen LogP contribution >= 0.6 is 11.8 Å². The molecule has 0 unspecified atom stereocenters. The van der Waals surface area contributed by atoms with Gasteiger partial charge in [-0.2, -0.15) is 0 Å². The molecule has 0 spiro atoms. The molecule has 0 heterocycles. The Bertz CT molecular complexity index is 1170. The van der Waals surface area contributed by atoms with Gasteiger partial charge in [-0.05, 0) is 0 Å². The second-order valence-electron chi connectivity index (χ2n) is 6.64. The third-order valence-corrected chi connectivity index (χ3v) is 20.6. The van der Waals surface area contributed by atoms with Crippen LogP contribution < -0.4 is 13.1 Å². The first kappa shape index (κ1) is 21.0. The predicted molar refractivity (Wildman–Crippen MR) is 126 cm³/mol. The summed E-state index contributed by atoms with van der Waals surface area (Å²) in [6.07, 6.45) is 0. The third-order valence-electron chi connectivity index (χ3n) is 4.76. The molecule has 1 N–H and O–H groups in total. The maximum atomic E-state index is 13.1. The Morgan fingerprint density at radius 3 is 1.33 bits per heavy atom. The number of hydrogen-bond donors (Lipinski definition) is 1. The zero-order valence-corrected chi connectivity index (χ0v) is 19.5. The van der Waals surface area contributed by atoms with Crippen LogP contribution in [-0.2, 0) is 8.38 Å². The fraction of sp³-hybridized carbons (Fsp3) is 0. The van der Waals surface area contributed by atoms with Crippen molar-refractivity contribution in [2.75, 3.05) is 0 Å². The third kappa shape index (κ3) is 3.99. The summed E-state index contributed by atoms with van der Waals surface area (Å²) in [6, 6.07) is 35.8. The molecular formula is C24H20AsO3S2. The fourth-order valence-electron chi connectivity index (χ4n) is 3.47. The van der Waals surface area contributed by atoms with Crippen LogP contribution in [0.15, 0.2) is 125 Å². The molecule has 1 radical (unpaired) electrons. The normalized spacial score (nSPS) is 11.9. The van der Waals surface area contributed by atoms with Crippen molar-refractivity contribution in [3.63, 3.8) is 0 Å². The molecule has 0 amide bonds. The Morgan fingerprint density at radius 2 is 0.900 bits per heavy atom. The molecule has 0 bridgehead atoms. The summed E-state index contributed by atoms with van der Waals surface area (Å²) in [5.74, 6) is 0. The summed E-state index contributed by atoms with van der Waals surface area (Å²) in [5, 5.41) is 0. The minimum absolute atomic E-state index is 0.658. The van der Waals surface area contributed by atoms with Crippen molar-refractivity contribution in [3.05, 3.63) is 115 Å². The Balaban J connectivity index is 1.88. The molecule has 0 aromatic heterocycles. The molecule has 0 atom stereocenters. The molecule has 0 aliphatic rings. The second-order valence-corrected chi connectivity index (χ2v) is 20.2. The Labute approximate surface area is 183 Å². The van der Waals surface area contributed by atoms with Gasteiger partial charge < -0.3 is 0 Å². The maximum absolute atomic E-state index is 13.1. The molecule has 0 aliphatic heterocycles. The molecule has 4 aromatic rings. The first-order valence-electron chi connectivity index (χ1n) is 9.33. The van der Waals surface area contributed by atoms with Crippen molar-refractivity contribution in [3.8, 4) is 0 Å². The van der Waals surface area contributed by atoms with Gasteiger partial charge in [0.15, 0.2) is 0 Å². The molecular weight excluding hydrogens is 475 g/mol. The van der Waals surface area contributed by atoms with Gasteiger partial charge in [0, 0.05) is 0 Å². The van der Waals surface area contributed by atoms with Crippen LogP contribution in [0.25, 0.3) is 0 Å². The Kier molecular flexibility index (Phi) is 6.16. The molecule has 0 fully saturated rings. The van der Waals surface area contributed by atoms with E-state index in [0.717, 1.165) is 9.79 Å². The number of benzene rings is 4. The van der Waals surface area contributed by atoms with Crippen LogP contribution in [-0.4, -0.2) is 25.4 Å². The molecule has 4 rings (SSSR count). The number of rotatable bonds is 6. The standard InChI is InChI=1S/C24H20AsO3S2/c26-30(27,28)25(20-10-4-1-5-11-20,21-12-6-2-7-13-21)22-16-18-24(19-17-22)29-23-14-8-3-9-15-23/h1-19H,(H,26,27,28). The van der Waals surface area contributed by atoms with Gasteiger partial charge in [-0.1, -0.05) is 0 Å². The van der Waals surface area contributed by atoms with Gasteiger partial charge in [-0.3, -0.25) is 0 Å². The minimum atomic E-state index is -4.39. The van der Waals surface area contributed by atoms with Gasteiger partial charge in [-0.25, -0.2) is 0 Å². The molecule has 0 aliphatic carbocycles. The summed E-state index contributed by atoms with van der Waals surface area (Å²) in [6.45, 7) is 0. The molecule has 0 saturated heterocycles. The molecule has 3 nitrogen and oxygen atoms in total. The zero-order chi connectivity index (χ0) is 21.0. The van der Waals surface area contributed by atoms with Gasteiger partial charge in [0.2, 0.25) is 0 Å². The van der Waals surface area contributed by atoms with E-state index in [2.05, 4.69) is 0 Å². The summed E-state index contributed by atoms with van der Waals surface area (Å²) in [4.78, 5) is 2.12. The van der Waals surface area contributed by atoms with Gasteiger partial charge in [0.05, 0.1) is 0 Å². The van der Waals surface area contributed by atoms with E-state index >= 15 is 0 Å². The summed E-state index contributed by atoms with van der Waals surface area (Å²) < 4.78 is 38.7. The Hall–Kier alpha value is -2.30. The van der Waals surface area contributed by atoms with Crippen LogP contribution in [0.1, 0.15) is 0 Å². The van der Waals surface area contributed by atoms with Crippen molar-refractivity contribution in [1.82, 2.24) is 0 Å². The van der Waals surface area contributed by atoms with E-state index in [4.69, 9.17) is 0 Å². The topological polar surface area (TPSA) is 54.4 Å². The van der Waals surface area contributed by atoms with Gasteiger partial charge in [0.25, 0.3) is 0 Å². The van der Waals surface area contributed by atoms with Gasteiger partial charge in [0.1, 0.15) is 0 Å². The van der Waals surface area contributed by atoms with Crippen molar-refractivity contribution in [1.29, 1.82) is 0 Å². The number of hydrogen-bond acceptors (Lipinski definition) is 3. The van der Waals surface area contributed by atoms with Gasteiger partial charge in [-0.15, -0.1) is 0 Å². The van der Waals surface area contributed by atoms with Crippen LogP contribution in [0.3, 0.4) is 0 Å². The van der Waals surface area contributed by atoms with Gasteiger partial charge >= 0.3 is 184 Å². The van der Waals surface area contributed by atoms with Crippen LogP contribution in [0, 0.1) is 0 Å². The van der Waals surface area contributed by atoms with Crippen LogP contribution in [0.4, 0.5) is 0 Å². The van der Waals surface area contributed by atoms with E-state index in [0.29, 0.717) is 13.1 Å². The van der Waals surface area contributed by atoms with E-state index in [1.54, 1.807) is 36.0 Å². The Morgan fingerprint density at radius 1 is 0.533 bits per heavy atom. The van der Waals surface area contributed by atoms with E-state index < -0.39 is 20.8 Å². The van der Waals surface area contributed by atoms with Crippen molar-refractivity contribution < 1.29 is 13.0 Å². The SMILES string of the molecule is O=S(=O)(O)[As](c1ccccc1)(c1ccccc1)c1ccc(Sc2ccccc2)cc1. The molecule has 30 heavy (non-hydrogen) atoms. The van der Waals surface area contributed by atoms with E-state index in [9.17, 15) is 13.0 Å². The molecule has 151 valence electrons. The molecule has 4 aromatic carbocycles. The average Bonchev–Trinajstić information content (AvgIpc) is 2.77. The first-order chi connectivity index (χ1) is 14.5. The summed E-state index contributed by atoms with van der Waals surface area (Å²) in [5.41, 5.74) is 0. The zero-order valence-electron chi connectivity index (χ0n) is 16.0. The fourth-order valence-corrected chi connectivity index (χ4v) is 17.6. The quantitative estimate of drug-likeness (QED) is 0.328. The second kappa shape index (κ2) is 8.83. The van der Waals surface area contributed by atoms with Crippen molar-refractivity contribution in [2.45, 2.75) is 9.79 Å². The monoisotopic (exact) mass is 495 g/mol. The van der Waals surface area contributed by atoms with E-state index in [-0.39, 0.29) is 0 Å². The summed E-state index contributed by atoms with van der Waals surface area (Å²) >= 11 is -2.58. The van der Waals surface area contributed by atoms with Crippen LogP contribution in [0.5, 0.6) is 0 Å². The predicted octanol–water partition coefficient (Wildman–Crippen LogP) is 3.69. The summed E-state index contributed by atoms with van der Waals surface area (Å²) in [7, 11) is -4.39. The molecule has 0 saturated carbocycles. The first-order valence-corrected chi connectivity index (χ1v) is 16.7. The van der Waals surface area contributed by atoms with Crippen LogP contribution in [0.2, 0.25) is 0 Å². The average molecular weight is 495 g/mol. The van der Waals surface area contributed by atoms with Crippen molar-refractivity contribution >= 4 is 45.6 Å². The van der Waals surface area contributed by atoms with E-state index in [1.807, 2.05) is 91.0 Å². The molecule has 6 heteroatoms. The van der Waals surface area contributed by atoms with Crippen molar-refractivity contribution in [2.24, 2.45) is 0 Å². The van der Waals surface area contributed by atoms with E-state index in [1.165, 1.54) is 0 Å².